The highest BCUT2D eigenvalue weighted by Crippen LogP contribution is 2.64. The van der Waals surface area contributed by atoms with Crippen molar-refractivity contribution in [2.24, 2.45) is 11.8 Å². The third-order valence-corrected chi connectivity index (χ3v) is 6.22. The van der Waals surface area contributed by atoms with Crippen LogP contribution >= 0.6 is 0 Å². The third kappa shape index (κ3) is 1.09. The Morgan fingerprint density at radius 2 is 2.30 bits per heavy atom. The highest BCUT2D eigenvalue weighted by molar-refractivity contribution is 5.61. The standard InChI is InChI=1S/C18H20O2/c1-19-14-8-7-12-10-11-4-3-9-18-13(11)5-2-6-15(18)20-17(14)16(12)18/h2,6-8,11,13,15H,3-5,9-10H2,1H3. The summed E-state index contributed by atoms with van der Waals surface area (Å²) in [7, 11) is 1.75. The van der Waals surface area contributed by atoms with Crippen molar-refractivity contribution in [3.05, 3.63) is 35.4 Å². The van der Waals surface area contributed by atoms with Crippen molar-refractivity contribution in [1.82, 2.24) is 0 Å². The molecule has 1 fully saturated rings. The molecule has 2 heteroatoms. The summed E-state index contributed by atoms with van der Waals surface area (Å²) in [6.45, 7) is 0. The quantitative estimate of drug-likeness (QED) is 0.724. The molecule has 1 spiro atoms. The van der Waals surface area contributed by atoms with Crippen LogP contribution in [-0.2, 0) is 11.8 Å². The molecule has 1 aromatic carbocycles. The average molecular weight is 268 g/mol. The van der Waals surface area contributed by atoms with Gasteiger partial charge in [0.15, 0.2) is 11.5 Å². The van der Waals surface area contributed by atoms with Gasteiger partial charge in [-0.2, -0.15) is 0 Å². The molecule has 0 aromatic heterocycles. The van der Waals surface area contributed by atoms with Gasteiger partial charge in [0.1, 0.15) is 6.10 Å². The number of hydrogen-bond donors (Lipinski definition) is 0. The highest BCUT2D eigenvalue weighted by atomic mass is 16.5. The van der Waals surface area contributed by atoms with Crippen molar-refractivity contribution >= 4 is 0 Å². The van der Waals surface area contributed by atoms with E-state index in [2.05, 4.69) is 24.3 Å². The number of rotatable bonds is 1. The van der Waals surface area contributed by atoms with Gasteiger partial charge in [0, 0.05) is 11.0 Å². The molecule has 2 nitrogen and oxygen atoms in total. The molecule has 0 N–H and O–H groups in total. The average Bonchev–Trinajstić information content (AvgIpc) is 2.80. The Hall–Kier alpha value is -1.44. The van der Waals surface area contributed by atoms with Crippen molar-refractivity contribution < 1.29 is 9.47 Å². The molecule has 20 heavy (non-hydrogen) atoms. The first-order valence-corrected chi connectivity index (χ1v) is 7.88. The molecule has 104 valence electrons. The molecular formula is C18H20O2. The van der Waals surface area contributed by atoms with Crippen molar-refractivity contribution in [2.75, 3.05) is 7.11 Å². The smallest absolute Gasteiger partial charge is 0.166 e. The predicted octanol–water partition coefficient (Wildman–Crippen LogP) is 3.63. The van der Waals surface area contributed by atoms with Crippen LogP contribution in [0.5, 0.6) is 11.5 Å². The second kappa shape index (κ2) is 3.60. The molecule has 1 aromatic rings. The fourth-order valence-electron chi connectivity index (χ4n) is 5.55. The van der Waals surface area contributed by atoms with Crippen LogP contribution in [0.25, 0.3) is 0 Å². The first kappa shape index (κ1) is 11.2. The van der Waals surface area contributed by atoms with Gasteiger partial charge < -0.3 is 9.47 Å². The van der Waals surface area contributed by atoms with E-state index in [1.54, 1.807) is 7.11 Å². The topological polar surface area (TPSA) is 18.5 Å². The van der Waals surface area contributed by atoms with Crippen LogP contribution in [0.4, 0.5) is 0 Å². The first-order valence-electron chi connectivity index (χ1n) is 7.88. The zero-order valence-electron chi connectivity index (χ0n) is 11.9. The minimum atomic E-state index is 0.245. The van der Waals surface area contributed by atoms with Crippen LogP contribution in [0, 0.1) is 11.8 Å². The Morgan fingerprint density at radius 1 is 1.35 bits per heavy atom. The molecule has 4 atom stereocenters. The van der Waals surface area contributed by atoms with E-state index in [9.17, 15) is 0 Å². The first-order chi connectivity index (χ1) is 9.84. The lowest BCUT2D eigenvalue weighted by atomic mass is 9.50. The molecule has 0 saturated heterocycles. The summed E-state index contributed by atoms with van der Waals surface area (Å²) in [5.74, 6) is 3.61. The fraction of sp³-hybridized carbons (Fsp3) is 0.556. The van der Waals surface area contributed by atoms with Crippen molar-refractivity contribution in [3.8, 4) is 11.5 Å². The lowest BCUT2D eigenvalue weighted by Gasteiger charge is -2.53. The van der Waals surface area contributed by atoms with Crippen molar-refractivity contribution in [3.63, 3.8) is 0 Å². The minimum absolute atomic E-state index is 0.245. The van der Waals surface area contributed by atoms with Crippen LogP contribution in [-0.4, -0.2) is 13.2 Å². The molecule has 5 rings (SSSR count). The Kier molecular flexibility index (Phi) is 2.03. The summed E-state index contributed by atoms with van der Waals surface area (Å²) in [4.78, 5) is 0. The van der Waals surface area contributed by atoms with Gasteiger partial charge in [-0.1, -0.05) is 18.6 Å². The molecule has 1 aliphatic heterocycles. The number of methoxy groups -OCH3 is 1. The Bertz CT molecular complexity index is 618. The summed E-state index contributed by atoms with van der Waals surface area (Å²) in [6, 6.07) is 4.39. The van der Waals surface area contributed by atoms with Crippen LogP contribution in [0.2, 0.25) is 0 Å². The number of benzene rings is 1. The lowest BCUT2D eigenvalue weighted by Crippen LogP contribution is -2.53. The van der Waals surface area contributed by atoms with Gasteiger partial charge in [-0.3, -0.25) is 0 Å². The molecule has 1 saturated carbocycles. The molecular weight excluding hydrogens is 248 g/mol. The zero-order chi connectivity index (χ0) is 13.3. The Labute approximate surface area is 119 Å². The van der Waals surface area contributed by atoms with Gasteiger partial charge in [0.25, 0.3) is 0 Å². The zero-order valence-corrected chi connectivity index (χ0v) is 11.9. The van der Waals surface area contributed by atoms with Gasteiger partial charge in [0.05, 0.1) is 7.11 Å². The van der Waals surface area contributed by atoms with Gasteiger partial charge in [-0.15, -0.1) is 0 Å². The Balaban J connectivity index is 1.84. The van der Waals surface area contributed by atoms with Gasteiger partial charge in [-0.05, 0) is 55.2 Å². The van der Waals surface area contributed by atoms with Crippen LogP contribution in [0.1, 0.15) is 36.8 Å². The van der Waals surface area contributed by atoms with Crippen molar-refractivity contribution in [1.29, 1.82) is 0 Å². The summed E-state index contributed by atoms with van der Waals surface area (Å²) in [5.41, 5.74) is 3.29. The van der Waals surface area contributed by atoms with Crippen LogP contribution in [0.3, 0.4) is 0 Å². The van der Waals surface area contributed by atoms with Crippen LogP contribution < -0.4 is 9.47 Å². The summed E-state index contributed by atoms with van der Waals surface area (Å²) >= 11 is 0. The maximum absolute atomic E-state index is 6.39. The largest absolute Gasteiger partial charge is 0.493 e. The normalized spacial score (nSPS) is 39.1. The van der Waals surface area contributed by atoms with E-state index in [4.69, 9.17) is 9.47 Å². The molecule has 1 heterocycles. The molecule has 0 radical (unpaired) electrons. The Morgan fingerprint density at radius 3 is 3.20 bits per heavy atom. The number of ether oxygens (including phenoxy) is 2. The maximum Gasteiger partial charge on any atom is 0.166 e. The van der Waals surface area contributed by atoms with E-state index in [0.29, 0.717) is 0 Å². The second-order valence-electron chi connectivity index (χ2n) is 6.84. The molecule has 4 aliphatic rings. The monoisotopic (exact) mass is 268 g/mol. The molecule has 4 unspecified atom stereocenters. The van der Waals surface area contributed by atoms with E-state index in [0.717, 1.165) is 23.3 Å². The maximum atomic E-state index is 6.39. The van der Waals surface area contributed by atoms with E-state index in [1.165, 1.54) is 43.2 Å². The summed E-state index contributed by atoms with van der Waals surface area (Å²) in [6.07, 6.45) is 11.4. The van der Waals surface area contributed by atoms with E-state index in [-0.39, 0.29) is 11.5 Å². The van der Waals surface area contributed by atoms with Crippen molar-refractivity contribution in [2.45, 2.75) is 43.6 Å². The summed E-state index contributed by atoms with van der Waals surface area (Å²) < 4.78 is 12.0. The third-order valence-electron chi connectivity index (χ3n) is 6.22. The van der Waals surface area contributed by atoms with Gasteiger partial charge >= 0.3 is 0 Å². The lowest BCUT2D eigenvalue weighted by molar-refractivity contribution is 0.0373. The fourth-order valence-corrected chi connectivity index (χ4v) is 5.55. The van der Waals surface area contributed by atoms with Gasteiger partial charge in [-0.25, -0.2) is 0 Å². The predicted molar refractivity (Wildman–Crippen MR) is 77.4 cm³/mol. The molecule has 3 aliphatic carbocycles. The molecule has 2 bridgehead atoms. The van der Waals surface area contributed by atoms with Gasteiger partial charge in [0.2, 0.25) is 0 Å². The number of hydrogen-bond acceptors (Lipinski definition) is 2. The van der Waals surface area contributed by atoms with E-state index in [1.807, 2.05) is 0 Å². The molecule has 0 amide bonds. The van der Waals surface area contributed by atoms with E-state index >= 15 is 0 Å². The van der Waals surface area contributed by atoms with E-state index < -0.39 is 0 Å². The second-order valence-corrected chi connectivity index (χ2v) is 6.84. The highest BCUT2D eigenvalue weighted by Gasteiger charge is 2.60. The minimum Gasteiger partial charge on any atom is -0.493 e. The van der Waals surface area contributed by atoms with Crippen LogP contribution in [0.15, 0.2) is 24.3 Å². The SMILES string of the molecule is COc1ccc2c3c1OC1C=CCC4C(CCCC314)C2. The summed E-state index contributed by atoms with van der Waals surface area (Å²) in [5, 5.41) is 0. The number of allylic oxidation sites excluding steroid dienone is 1.